The number of anilines is 1. The van der Waals surface area contributed by atoms with Crippen LogP contribution in [0.3, 0.4) is 0 Å². The molecule has 0 spiro atoms. The first-order valence-electron chi connectivity index (χ1n) is 8.91. The summed E-state index contributed by atoms with van der Waals surface area (Å²) in [4.78, 5) is 16.9. The van der Waals surface area contributed by atoms with Crippen LogP contribution in [0.5, 0.6) is 5.75 Å². The molecule has 0 saturated carbocycles. The van der Waals surface area contributed by atoms with Crippen LogP contribution < -0.4 is 10.1 Å². The highest BCUT2D eigenvalue weighted by molar-refractivity contribution is 14.1. The Morgan fingerprint density at radius 3 is 2.56 bits per heavy atom. The number of aromatic nitrogens is 1. The summed E-state index contributed by atoms with van der Waals surface area (Å²) in [6.07, 6.45) is 3.38. The summed E-state index contributed by atoms with van der Waals surface area (Å²) in [5.74, 6) is 0.619. The van der Waals surface area contributed by atoms with Gasteiger partial charge in [-0.1, -0.05) is 31.9 Å². The fourth-order valence-corrected chi connectivity index (χ4v) is 3.57. The molecule has 1 amide bonds. The van der Waals surface area contributed by atoms with Gasteiger partial charge in [-0.3, -0.25) is 10.1 Å². The number of halogens is 1. The minimum absolute atomic E-state index is 0.170. The van der Waals surface area contributed by atoms with Crippen LogP contribution in [0.15, 0.2) is 53.9 Å². The van der Waals surface area contributed by atoms with Crippen LogP contribution in [-0.4, -0.2) is 17.5 Å². The molecule has 0 atom stereocenters. The van der Waals surface area contributed by atoms with Gasteiger partial charge in [0.05, 0.1) is 12.3 Å². The third-order valence-corrected chi connectivity index (χ3v) is 5.47. The largest absolute Gasteiger partial charge is 0.494 e. The Morgan fingerprint density at radius 1 is 1.11 bits per heavy atom. The molecule has 0 fully saturated rings. The quantitative estimate of drug-likeness (QED) is 0.299. The minimum Gasteiger partial charge on any atom is -0.494 e. The number of nitrogens with one attached hydrogen (secondary N) is 1. The maximum absolute atomic E-state index is 12.4. The third kappa shape index (κ3) is 5.77. The zero-order valence-corrected chi connectivity index (χ0v) is 18.0. The number of amides is 1. The number of carbonyl (C=O) groups excluding carboxylic acids is 1. The smallest absolute Gasteiger partial charge is 0.257 e. The Balaban J connectivity index is 1.58. The highest BCUT2D eigenvalue weighted by Gasteiger charge is 2.10. The van der Waals surface area contributed by atoms with Gasteiger partial charge < -0.3 is 4.74 Å². The summed E-state index contributed by atoms with van der Waals surface area (Å²) < 4.78 is 6.86. The molecule has 0 aliphatic rings. The molecule has 3 rings (SSSR count). The highest BCUT2D eigenvalue weighted by atomic mass is 127. The summed E-state index contributed by atoms with van der Waals surface area (Å²) in [6.45, 7) is 2.87. The molecule has 0 radical (unpaired) electrons. The lowest BCUT2D eigenvalue weighted by Crippen LogP contribution is -2.11. The SMILES string of the molecule is CCCCCOc1ccc(C(=O)Nc2nc(-c3ccc(I)cc3)cs2)cc1. The second-order valence-electron chi connectivity index (χ2n) is 6.08. The molecular weight excluding hydrogens is 471 g/mol. The number of nitrogens with zero attached hydrogens (tertiary/aromatic N) is 1. The van der Waals surface area contributed by atoms with Gasteiger partial charge in [0.15, 0.2) is 5.13 Å². The number of carbonyl (C=O) groups is 1. The van der Waals surface area contributed by atoms with Crippen molar-refractivity contribution in [3.63, 3.8) is 0 Å². The van der Waals surface area contributed by atoms with Gasteiger partial charge in [0, 0.05) is 20.1 Å². The van der Waals surface area contributed by atoms with E-state index in [9.17, 15) is 4.79 Å². The van der Waals surface area contributed by atoms with Crippen molar-refractivity contribution < 1.29 is 9.53 Å². The monoisotopic (exact) mass is 492 g/mol. The summed E-state index contributed by atoms with van der Waals surface area (Å²) in [6, 6.07) is 15.4. The summed E-state index contributed by atoms with van der Waals surface area (Å²) in [5, 5.41) is 5.41. The van der Waals surface area contributed by atoms with E-state index >= 15 is 0 Å². The van der Waals surface area contributed by atoms with Crippen LogP contribution in [0.1, 0.15) is 36.5 Å². The molecule has 1 N–H and O–H groups in total. The Bertz CT molecular complexity index is 876. The van der Waals surface area contributed by atoms with E-state index in [4.69, 9.17) is 4.74 Å². The van der Waals surface area contributed by atoms with Gasteiger partial charge in [-0.15, -0.1) is 11.3 Å². The predicted molar refractivity (Wildman–Crippen MR) is 120 cm³/mol. The van der Waals surface area contributed by atoms with Crippen LogP contribution >= 0.6 is 33.9 Å². The first kappa shape index (κ1) is 19.8. The Labute approximate surface area is 177 Å². The number of thiazole rings is 1. The molecule has 0 aliphatic heterocycles. The molecule has 1 heterocycles. The van der Waals surface area contributed by atoms with E-state index in [0.717, 1.165) is 23.4 Å². The number of unbranched alkanes of at least 4 members (excludes halogenated alkanes) is 2. The van der Waals surface area contributed by atoms with E-state index in [-0.39, 0.29) is 5.91 Å². The summed E-state index contributed by atoms with van der Waals surface area (Å²) in [7, 11) is 0. The molecule has 3 aromatic rings. The lowest BCUT2D eigenvalue weighted by atomic mass is 10.2. The van der Waals surface area contributed by atoms with Crippen molar-refractivity contribution in [1.82, 2.24) is 4.98 Å². The molecular formula is C21H21IN2O2S. The molecule has 6 heteroatoms. The maximum Gasteiger partial charge on any atom is 0.257 e. The second-order valence-corrected chi connectivity index (χ2v) is 8.18. The van der Waals surface area contributed by atoms with Crippen molar-refractivity contribution in [2.45, 2.75) is 26.2 Å². The van der Waals surface area contributed by atoms with Crippen LogP contribution in [-0.2, 0) is 0 Å². The summed E-state index contributed by atoms with van der Waals surface area (Å²) >= 11 is 3.69. The van der Waals surface area contributed by atoms with Crippen molar-refractivity contribution in [1.29, 1.82) is 0 Å². The number of hydrogen-bond donors (Lipinski definition) is 1. The number of benzene rings is 2. The topological polar surface area (TPSA) is 51.2 Å². The highest BCUT2D eigenvalue weighted by Crippen LogP contribution is 2.26. The first-order valence-corrected chi connectivity index (χ1v) is 10.9. The Hall–Kier alpha value is -1.93. The average Bonchev–Trinajstić information content (AvgIpc) is 3.15. The molecule has 2 aromatic carbocycles. The summed E-state index contributed by atoms with van der Waals surface area (Å²) in [5.41, 5.74) is 2.49. The lowest BCUT2D eigenvalue weighted by Gasteiger charge is -2.07. The van der Waals surface area contributed by atoms with Crippen molar-refractivity contribution in [3.05, 3.63) is 63.0 Å². The number of hydrogen-bond acceptors (Lipinski definition) is 4. The van der Waals surface area contributed by atoms with E-state index in [0.29, 0.717) is 17.3 Å². The Morgan fingerprint density at radius 2 is 1.85 bits per heavy atom. The average molecular weight is 492 g/mol. The van der Waals surface area contributed by atoms with Gasteiger partial charge in [0.1, 0.15) is 5.75 Å². The molecule has 140 valence electrons. The van der Waals surface area contributed by atoms with Gasteiger partial charge in [-0.05, 0) is 65.4 Å². The molecule has 0 aliphatic carbocycles. The molecule has 0 bridgehead atoms. The van der Waals surface area contributed by atoms with Gasteiger partial charge in [0.25, 0.3) is 5.91 Å². The predicted octanol–water partition coefficient (Wildman–Crippen LogP) is 6.24. The normalized spacial score (nSPS) is 10.6. The van der Waals surface area contributed by atoms with E-state index in [1.165, 1.54) is 27.7 Å². The first-order chi connectivity index (χ1) is 13.2. The second kappa shape index (κ2) is 9.85. The van der Waals surface area contributed by atoms with Crippen LogP contribution in [0, 0.1) is 3.57 Å². The van der Waals surface area contributed by atoms with Crippen LogP contribution in [0.25, 0.3) is 11.3 Å². The van der Waals surface area contributed by atoms with Gasteiger partial charge in [-0.2, -0.15) is 0 Å². The van der Waals surface area contributed by atoms with Gasteiger partial charge in [0.2, 0.25) is 0 Å². The van der Waals surface area contributed by atoms with E-state index in [1.807, 2.05) is 41.8 Å². The minimum atomic E-state index is -0.170. The van der Waals surface area contributed by atoms with E-state index in [1.54, 1.807) is 12.1 Å². The third-order valence-electron chi connectivity index (χ3n) is 4.00. The number of rotatable bonds is 8. The van der Waals surface area contributed by atoms with E-state index in [2.05, 4.69) is 39.8 Å². The van der Waals surface area contributed by atoms with Crippen molar-refractivity contribution in [3.8, 4) is 17.0 Å². The molecule has 27 heavy (non-hydrogen) atoms. The maximum atomic E-state index is 12.4. The zero-order chi connectivity index (χ0) is 19.1. The van der Waals surface area contributed by atoms with Crippen molar-refractivity contribution in [2.75, 3.05) is 11.9 Å². The molecule has 0 saturated heterocycles. The fourth-order valence-electron chi connectivity index (χ4n) is 2.50. The van der Waals surface area contributed by atoms with Gasteiger partial charge >= 0.3 is 0 Å². The van der Waals surface area contributed by atoms with Gasteiger partial charge in [-0.25, -0.2) is 4.98 Å². The molecule has 4 nitrogen and oxygen atoms in total. The number of ether oxygens (including phenoxy) is 1. The van der Waals surface area contributed by atoms with Crippen LogP contribution in [0.4, 0.5) is 5.13 Å². The van der Waals surface area contributed by atoms with Crippen molar-refractivity contribution >= 4 is 45.0 Å². The molecule has 1 aromatic heterocycles. The fraction of sp³-hybridized carbons (Fsp3) is 0.238. The molecule has 0 unspecified atom stereocenters. The Kier molecular flexibility index (Phi) is 7.23. The lowest BCUT2D eigenvalue weighted by molar-refractivity contribution is 0.102. The van der Waals surface area contributed by atoms with E-state index < -0.39 is 0 Å². The van der Waals surface area contributed by atoms with Crippen molar-refractivity contribution in [2.24, 2.45) is 0 Å². The standard InChI is InChI=1S/C21H21IN2O2S/c1-2-3-4-13-26-18-11-7-16(8-12-18)20(25)24-21-23-19(14-27-21)15-5-9-17(22)10-6-15/h5-12,14H,2-4,13H2,1H3,(H,23,24,25). The van der Waals surface area contributed by atoms with Crippen LogP contribution in [0.2, 0.25) is 0 Å². The zero-order valence-electron chi connectivity index (χ0n) is 15.1.